The summed E-state index contributed by atoms with van der Waals surface area (Å²) in [6.07, 6.45) is 6.23. The van der Waals surface area contributed by atoms with Gasteiger partial charge in [0.05, 0.1) is 5.56 Å². The molecule has 0 saturated heterocycles. The Bertz CT molecular complexity index is 1400. The van der Waals surface area contributed by atoms with Gasteiger partial charge in [0.2, 0.25) is 0 Å². The topological polar surface area (TPSA) is 46.5 Å². The van der Waals surface area contributed by atoms with E-state index in [0.29, 0.717) is 11.0 Å². The van der Waals surface area contributed by atoms with Gasteiger partial charge in [-0.15, -0.1) is 0 Å². The number of carboxylic acids is 1. The number of rotatable bonds is 6. The summed E-state index contributed by atoms with van der Waals surface area (Å²) >= 11 is 0. The van der Waals surface area contributed by atoms with Gasteiger partial charge >= 0.3 is 5.97 Å². The maximum Gasteiger partial charge on any atom is 0.335 e. The fraction of sp³-hybridized carbons (Fsp3) is 0.306. The van der Waals surface area contributed by atoms with Gasteiger partial charge in [0, 0.05) is 11.1 Å². The molecule has 40 heavy (non-hydrogen) atoms. The van der Waals surface area contributed by atoms with Crippen molar-refractivity contribution in [2.24, 2.45) is 5.92 Å². The molecule has 1 radical (unpaired) electrons. The largest absolute Gasteiger partial charge is 0.478 e. The van der Waals surface area contributed by atoms with Crippen LogP contribution in [-0.4, -0.2) is 18.4 Å². The molecule has 0 aromatic heterocycles. The highest BCUT2D eigenvalue weighted by Gasteiger charge is 2.25. The van der Waals surface area contributed by atoms with Crippen LogP contribution in [0, 0.1) is 26.7 Å². The third-order valence-electron chi connectivity index (χ3n) is 6.61. The minimum Gasteiger partial charge on any atom is -0.478 e. The van der Waals surface area contributed by atoms with Gasteiger partial charge in [-0.3, -0.25) is 0 Å². The lowest BCUT2D eigenvalue weighted by atomic mass is 9.56. The highest BCUT2D eigenvalue weighted by molar-refractivity contribution is 6.56. The van der Waals surface area contributed by atoms with Crippen molar-refractivity contribution in [2.45, 2.75) is 68.1 Å². The van der Waals surface area contributed by atoms with E-state index in [9.17, 15) is 9.90 Å². The molecule has 0 spiro atoms. The zero-order chi connectivity index (χ0) is 30.0. The van der Waals surface area contributed by atoms with E-state index in [1.165, 1.54) is 11.1 Å². The van der Waals surface area contributed by atoms with Crippen molar-refractivity contribution >= 4 is 30.0 Å². The number of aryl methyl sites for hydroxylation is 3. The van der Waals surface area contributed by atoms with Gasteiger partial charge in [0.25, 0.3) is 0 Å². The van der Waals surface area contributed by atoms with Crippen LogP contribution in [0.25, 0.3) is 11.3 Å². The standard InChI is InChI=1S/C28H26BO3.C6H12.C2H6/c1-16-12-23-19(4)15-26(21-11-10-17(2)18(3)14-21)32-27(23)24(13-16)20(5)29-25-9-7-6-8-22(25)28(30)31;1-4-5-6(2)3;1-2/h6-15,20H,4H2,1-3,5H3,(H,30,31);4-6H,1-3H3;1-2H3/b;5-4+;. The first-order valence-corrected chi connectivity index (χ1v) is 14.1. The van der Waals surface area contributed by atoms with E-state index in [1.807, 2.05) is 46.3 Å². The Hall–Kier alpha value is -3.79. The van der Waals surface area contributed by atoms with Crippen molar-refractivity contribution in [3.8, 4) is 5.75 Å². The maximum absolute atomic E-state index is 11.7. The number of ether oxygens (including phenoxy) is 1. The van der Waals surface area contributed by atoms with Gasteiger partial charge in [-0.1, -0.05) is 95.2 Å². The van der Waals surface area contributed by atoms with Crippen LogP contribution in [0.2, 0.25) is 0 Å². The smallest absolute Gasteiger partial charge is 0.335 e. The number of aromatic carboxylic acids is 1. The molecule has 0 amide bonds. The SMILES string of the molecule is C/C=C/C(C)C.C=C1C=C(c2ccc(C)c(C)c2)Oc2c1cc(C)cc2C(C)[B]c1ccccc1C(=O)O.CC. The summed E-state index contributed by atoms with van der Waals surface area (Å²) in [7, 11) is 1.98. The van der Waals surface area contributed by atoms with Crippen LogP contribution in [0.15, 0.2) is 79.4 Å². The molecule has 1 aliphatic heterocycles. The second-order valence-corrected chi connectivity index (χ2v) is 10.3. The number of fused-ring (bicyclic) bond motifs is 1. The van der Waals surface area contributed by atoms with Crippen LogP contribution in [0.4, 0.5) is 0 Å². The van der Waals surface area contributed by atoms with Crippen LogP contribution in [0.5, 0.6) is 5.75 Å². The summed E-state index contributed by atoms with van der Waals surface area (Å²) in [4.78, 5) is 11.7. The molecule has 3 nitrogen and oxygen atoms in total. The van der Waals surface area contributed by atoms with E-state index < -0.39 is 5.97 Å². The Morgan fingerprint density at radius 2 is 1.65 bits per heavy atom. The predicted molar refractivity (Wildman–Crippen MR) is 173 cm³/mol. The highest BCUT2D eigenvalue weighted by Crippen LogP contribution is 2.42. The molecule has 4 heteroatoms. The Kier molecular flexibility index (Phi) is 12.3. The van der Waals surface area contributed by atoms with E-state index in [0.717, 1.165) is 45.3 Å². The van der Waals surface area contributed by atoms with Crippen molar-refractivity contribution in [1.82, 2.24) is 0 Å². The lowest BCUT2D eigenvalue weighted by Gasteiger charge is -2.26. The number of hydrogen-bond donors (Lipinski definition) is 1. The van der Waals surface area contributed by atoms with E-state index in [1.54, 1.807) is 12.1 Å². The molecule has 1 aliphatic rings. The van der Waals surface area contributed by atoms with Crippen LogP contribution in [-0.2, 0) is 0 Å². The number of hydrogen-bond acceptors (Lipinski definition) is 2. The summed E-state index contributed by atoms with van der Waals surface area (Å²) in [5.41, 5.74) is 8.44. The molecule has 1 unspecified atom stereocenters. The number of benzene rings is 3. The molecule has 1 heterocycles. The fourth-order valence-corrected chi connectivity index (χ4v) is 4.49. The molecule has 1 atom stereocenters. The Morgan fingerprint density at radius 3 is 2.23 bits per heavy atom. The number of allylic oxidation sites excluding steroid dienone is 4. The van der Waals surface area contributed by atoms with E-state index >= 15 is 0 Å². The van der Waals surface area contributed by atoms with E-state index in [2.05, 4.69) is 90.6 Å². The second kappa shape index (κ2) is 15.1. The minimum atomic E-state index is -0.931. The molecule has 4 rings (SSSR count). The Balaban J connectivity index is 0.000000622. The molecule has 3 aromatic carbocycles. The summed E-state index contributed by atoms with van der Waals surface area (Å²) in [6.45, 7) is 23.0. The maximum atomic E-state index is 11.7. The summed E-state index contributed by atoms with van der Waals surface area (Å²) in [5, 5.41) is 9.56. The van der Waals surface area contributed by atoms with Gasteiger partial charge in [0.1, 0.15) is 11.5 Å². The van der Waals surface area contributed by atoms with Gasteiger partial charge in [-0.25, -0.2) is 4.79 Å². The van der Waals surface area contributed by atoms with Crippen molar-refractivity contribution in [3.63, 3.8) is 0 Å². The quantitative estimate of drug-likeness (QED) is 0.253. The summed E-state index contributed by atoms with van der Waals surface area (Å²) < 4.78 is 6.47. The molecule has 0 saturated carbocycles. The fourth-order valence-electron chi connectivity index (χ4n) is 4.49. The lowest BCUT2D eigenvalue weighted by Crippen LogP contribution is -2.27. The lowest BCUT2D eigenvalue weighted by molar-refractivity contribution is 0.0698. The first kappa shape index (κ1) is 32.4. The van der Waals surface area contributed by atoms with Crippen molar-refractivity contribution in [1.29, 1.82) is 0 Å². The average molecular weight is 536 g/mol. The van der Waals surface area contributed by atoms with Gasteiger partial charge in [0.15, 0.2) is 7.28 Å². The normalized spacial score (nSPS) is 12.8. The van der Waals surface area contributed by atoms with Gasteiger partial charge < -0.3 is 9.84 Å². The van der Waals surface area contributed by atoms with Crippen LogP contribution >= 0.6 is 0 Å². The second-order valence-electron chi connectivity index (χ2n) is 10.3. The highest BCUT2D eigenvalue weighted by atomic mass is 16.5. The van der Waals surface area contributed by atoms with E-state index in [-0.39, 0.29) is 5.82 Å². The first-order chi connectivity index (χ1) is 19.0. The Morgan fingerprint density at radius 1 is 0.975 bits per heavy atom. The number of carboxylic acid groups (broad SMARTS) is 1. The molecule has 209 valence electrons. The molecular formula is C36H44BO3. The third kappa shape index (κ3) is 8.36. The molecule has 0 aliphatic carbocycles. The molecule has 0 bridgehead atoms. The van der Waals surface area contributed by atoms with Crippen molar-refractivity contribution < 1.29 is 14.6 Å². The average Bonchev–Trinajstić information content (AvgIpc) is 2.91. The minimum absolute atomic E-state index is 0.0592. The van der Waals surface area contributed by atoms with Crippen LogP contribution in [0.1, 0.15) is 91.1 Å². The first-order valence-electron chi connectivity index (χ1n) is 14.1. The zero-order valence-electron chi connectivity index (χ0n) is 25.6. The van der Waals surface area contributed by atoms with Crippen LogP contribution < -0.4 is 10.2 Å². The zero-order valence-corrected chi connectivity index (χ0v) is 25.6. The molecular weight excluding hydrogens is 491 g/mol. The molecule has 3 aromatic rings. The number of carbonyl (C=O) groups is 1. The van der Waals surface area contributed by atoms with Gasteiger partial charge in [-0.05, 0) is 91.5 Å². The van der Waals surface area contributed by atoms with E-state index in [4.69, 9.17) is 4.74 Å². The molecule has 0 fully saturated rings. The Labute approximate surface area is 242 Å². The summed E-state index contributed by atoms with van der Waals surface area (Å²) in [6, 6.07) is 17.6. The summed E-state index contributed by atoms with van der Waals surface area (Å²) in [5.74, 6) is 1.28. The van der Waals surface area contributed by atoms with Crippen molar-refractivity contribution in [3.05, 3.63) is 118 Å². The van der Waals surface area contributed by atoms with Crippen molar-refractivity contribution in [2.75, 3.05) is 0 Å². The van der Waals surface area contributed by atoms with Crippen LogP contribution in [0.3, 0.4) is 0 Å². The third-order valence-corrected chi connectivity index (χ3v) is 6.61. The monoisotopic (exact) mass is 535 g/mol. The molecule has 1 N–H and O–H groups in total. The van der Waals surface area contributed by atoms with Gasteiger partial charge in [-0.2, -0.15) is 0 Å². The predicted octanol–water partition coefficient (Wildman–Crippen LogP) is 9.09.